The fraction of sp³-hybridized carbons (Fsp3) is 0.556. The highest BCUT2D eigenvalue weighted by Crippen LogP contribution is 2.30. The Morgan fingerprint density at radius 2 is 2.00 bits per heavy atom. The molecule has 1 aromatic carbocycles. The van der Waals surface area contributed by atoms with Gasteiger partial charge < -0.3 is 15.3 Å². The van der Waals surface area contributed by atoms with Gasteiger partial charge in [-0.2, -0.15) is 0 Å². The standard InChI is InChI=1S/C18H24N2O3/c1-12(21)15-8-4-5-9-16(15)19-18(23)13-10-17(22)20(11-13)14-6-2-3-7-14/h4-5,8-9,12-14,21H,2-3,6-7,10-11H2,1H3,(H,19,23). The lowest BCUT2D eigenvalue weighted by atomic mass is 10.1. The van der Waals surface area contributed by atoms with Crippen molar-refractivity contribution in [2.24, 2.45) is 5.92 Å². The van der Waals surface area contributed by atoms with Crippen LogP contribution in [0.3, 0.4) is 0 Å². The van der Waals surface area contributed by atoms with Gasteiger partial charge in [0.25, 0.3) is 0 Å². The van der Waals surface area contributed by atoms with Crippen molar-refractivity contribution < 1.29 is 14.7 Å². The van der Waals surface area contributed by atoms with Gasteiger partial charge in [0.1, 0.15) is 0 Å². The van der Waals surface area contributed by atoms with Crippen LogP contribution in [0.1, 0.15) is 50.7 Å². The topological polar surface area (TPSA) is 69.6 Å². The van der Waals surface area contributed by atoms with Crippen LogP contribution in [-0.4, -0.2) is 34.4 Å². The molecule has 0 bridgehead atoms. The van der Waals surface area contributed by atoms with E-state index in [-0.39, 0.29) is 17.7 Å². The first kappa shape index (κ1) is 16.0. The number of amides is 2. The maximum absolute atomic E-state index is 12.5. The Kier molecular flexibility index (Phi) is 4.66. The van der Waals surface area contributed by atoms with Gasteiger partial charge in [0.15, 0.2) is 0 Å². The zero-order valence-electron chi connectivity index (χ0n) is 13.5. The predicted molar refractivity (Wildman–Crippen MR) is 87.8 cm³/mol. The Balaban J connectivity index is 1.66. The molecule has 23 heavy (non-hydrogen) atoms. The normalized spacial score (nSPS) is 23.3. The number of hydrogen-bond donors (Lipinski definition) is 2. The summed E-state index contributed by atoms with van der Waals surface area (Å²) in [5.41, 5.74) is 1.32. The van der Waals surface area contributed by atoms with Crippen LogP contribution in [0, 0.1) is 5.92 Å². The highest BCUT2D eigenvalue weighted by atomic mass is 16.3. The molecule has 3 rings (SSSR count). The first-order valence-electron chi connectivity index (χ1n) is 8.43. The summed E-state index contributed by atoms with van der Waals surface area (Å²) in [6, 6.07) is 7.56. The number of aliphatic hydroxyl groups is 1. The molecule has 0 aromatic heterocycles. The van der Waals surface area contributed by atoms with E-state index in [9.17, 15) is 14.7 Å². The summed E-state index contributed by atoms with van der Waals surface area (Å²) in [7, 11) is 0. The van der Waals surface area contributed by atoms with E-state index in [2.05, 4.69) is 5.32 Å². The van der Waals surface area contributed by atoms with Gasteiger partial charge in [-0.05, 0) is 25.8 Å². The maximum Gasteiger partial charge on any atom is 0.229 e. The number of anilines is 1. The van der Waals surface area contributed by atoms with Crippen molar-refractivity contribution in [2.75, 3.05) is 11.9 Å². The molecule has 2 aliphatic rings. The number of carbonyl (C=O) groups excluding carboxylic acids is 2. The van der Waals surface area contributed by atoms with Crippen LogP contribution in [0.2, 0.25) is 0 Å². The van der Waals surface area contributed by atoms with Crippen LogP contribution in [0.25, 0.3) is 0 Å². The molecule has 2 amide bonds. The largest absolute Gasteiger partial charge is 0.389 e. The van der Waals surface area contributed by atoms with Crippen molar-refractivity contribution in [2.45, 2.75) is 51.2 Å². The molecule has 1 saturated carbocycles. The minimum Gasteiger partial charge on any atom is -0.389 e. The van der Waals surface area contributed by atoms with Gasteiger partial charge in [-0.25, -0.2) is 0 Å². The van der Waals surface area contributed by atoms with Crippen molar-refractivity contribution >= 4 is 17.5 Å². The van der Waals surface area contributed by atoms with E-state index in [1.165, 1.54) is 12.8 Å². The number of aliphatic hydroxyl groups excluding tert-OH is 1. The molecule has 1 heterocycles. The van der Waals surface area contributed by atoms with Crippen molar-refractivity contribution in [3.8, 4) is 0 Å². The van der Waals surface area contributed by atoms with Crippen LogP contribution in [0.5, 0.6) is 0 Å². The molecular formula is C18H24N2O3. The minimum absolute atomic E-state index is 0.0980. The Labute approximate surface area is 136 Å². The minimum atomic E-state index is -0.647. The summed E-state index contributed by atoms with van der Waals surface area (Å²) in [6.07, 6.45) is 4.11. The molecule has 5 heteroatoms. The highest BCUT2D eigenvalue weighted by molar-refractivity contribution is 5.97. The van der Waals surface area contributed by atoms with E-state index in [0.717, 1.165) is 12.8 Å². The van der Waals surface area contributed by atoms with Gasteiger partial charge in [0, 0.05) is 30.3 Å². The zero-order chi connectivity index (χ0) is 16.4. The molecule has 1 aliphatic carbocycles. The van der Waals surface area contributed by atoms with Gasteiger partial charge in [0.2, 0.25) is 11.8 Å². The SMILES string of the molecule is CC(O)c1ccccc1NC(=O)C1CC(=O)N(C2CCCC2)C1. The molecule has 5 nitrogen and oxygen atoms in total. The predicted octanol–water partition coefficient (Wildman–Crippen LogP) is 2.47. The van der Waals surface area contributed by atoms with Crippen LogP contribution >= 0.6 is 0 Å². The van der Waals surface area contributed by atoms with Gasteiger partial charge in [0.05, 0.1) is 12.0 Å². The molecule has 2 fully saturated rings. The summed E-state index contributed by atoms with van der Waals surface area (Å²) in [4.78, 5) is 26.6. The molecule has 124 valence electrons. The van der Waals surface area contributed by atoms with Crippen LogP contribution < -0.4 is 5.32 Å². The van der Waals surface area contributed by atoms with E-state index in [1.807, 2.05) is 17.0 Å². The molecule has 2 N–H and O–H groups in total. The number of rotatable bonds is 4. The third kappa shape index (κ3) is 3.39. The van der Waals surface area contributed by atoms with Gasteiger partial charge >= 0.3 is 0 Å². The zero-order valence-corrected chi connectivity index (χ0v) is 13.5. The number of benzene rings is 1. The van der Waals surface area contributed by atoms with E-state index in [4.69, 9.17) is 0 Å². The average Bonchev–Trinajstić information content (AvgIpc) is 3.16. The van der Waals surface area contributed by atoms with E-state index < -0.39 is 6.10 Å². The maximum atomic E-state index is 12.5. The van der Waals surface area contributed by atoms with Crippen LogP contribution in [0.15, 0.2) is 24.3 Å². The lowest BCUT2D eigenvalue weighted by Gasteiger charge is -2.24. The fourth-order valence-electron chi connectivity index (χ4n) is 3.69. The lowest BCUT2D eigenvalue weighted by Crippen LogP contribution is -2.35. The number of para-hydroxylation sites is 1. The average molecular weight is 316 g/mol. The number of likely N-dealkylation sites (tertiary alicyclic amines) is 1. The van der Waals surface area contributed by atoms with Gasteiger partial charge in [-0.1, -0.05) is 31.0 Å². The van der Waals surface area contributed by atoms with Crippen molar-refractivity contribution in [1.82, 2.24) is 4.90 Å². The summed E-state index contributed by atoms with van der Waals surface area (Å²) in [5, 5.41) is 12.7. The Bertz CT molecular complexity index is 594. The summed E-state index contributed by atoms with van der Waals surface area (Å²) in [5.74, 6) is -0.335. The Morgan fingerprint density at radius 3 is 2.70 bits per heavy atom. The molecule has 1 saturated heterocycles. The summed E-state index contributed by atoms with van der Waals surface area (Å²) in [6.45, 7) is 2.19. The molecule has 1 aromatic rings. The summed E-state index contributed by atoms with van der Waals surface area (Å²) >= 11 is 0. The number of hydrogen-bond acceptors (Lipinski definition) is 3. The van der Waals surface area contributed by atoms with E-state index in [1.54, 1.807) is 19.1 Å². The number of nitrogens with zero attached hydrogens (tertiary/aromatic N) is 1. The third-order valence-corrected chi connectivity index (χ3v) is 4.96. The first-order valence-corrected chi connectivity index (χ1v) is 8.43. The molecule has 1 aliphatic heterocycles. The highest BCUT2D eigenvalue weighted by Gasteiger charge is 2.38. The number of nitrogens with one attached hydrogen (secondary N) is 1. The lowest BCUT2D eigenvalue weighted by molar-refractivity contribution is -0.129. The van der Waals surface area contributed by atoms with Crippen molar-refractivity contribution in [3.63, 3.8) is 0 Å². The van der Waals surface area contributed by atoms with Crippen LogP contribution in [0.4, 0.5) is 5.69 Å². The first-order chi connectivity index (χ1) is 11.1. The van der Waals surface area contributed by atoms with Crippen LogP contribution in [-0.2, 0) is 9.59 Å². The smallest absolute Gasteiger partial charge is 0.229 e. The molecular weight excluding hydrogens is 292 g/mol. The molecule has 2 atom stereocenters. The quantitative estimate of drug-likeness (QED) is 0.896. The van der Waals surface area contributed by atoms with Crippen molar-refractivity contribution in [3.05, 3.63) is 29.8 Å². The number of carbonyl (C=O) groups is 2. The Hall–Kier alpha value is -1.88. The fourth-order valence-corrected chi connectivity index (χ4v) is 3.69. The van der Waals surface area contributed by atoms with Gasteiger partial charge in [-0.15, -0.1) is 0 Å². The second-order valence-corrected chi connectivity index (χ2v) is 6.64. The Morgan fingerprint density at radius 1 is 1.30 bits per heavy atom. The summed E-state index contributed by atoms with van der Waals surface area (Å²) < 4.78 is 0. The second kappa shape index (κ2) is 6.71. The molecule has 0 spiro atoms. The third-order valence-electron chi connectivity index (χ3n) is 4.96. The molecule has 2 unspecified atom stereocenters. The van der Waals surface area contributed by atoms with E-state index >= 15 is 0 Å². The van der Waals surface area contributed by atoms with Crippen molar-refractivity contribution in [1.29, 1.82) is 0 Å². The van der Waals surface area contributed by atoms with Gasteiger partial charge in [-0.3, -0.25) is 9.59 Å². The molecule has 0 radical (unpaired) electrons. The second-order valence-electron chi connectivity index (χ2n) is 6.64. The van der Waals surface area contributed by atoms with E-state index in [0.29, 0.717) is 30.3 Å². The monoisotopic (exact) mass is 316 g/mol.